The predicted octanol–water partition coefficient (Wildman–Crippen LogP) is 5.69. The van der Waals surface area contributed by atoms with Crippen LogP contribution in [0.3, 0.4) is 0 Å². The Morgan fingerprint density at radius 3 is 2.13 bits per heavy atom. The number of hydrogen-bond acceptors (Lipinski definition) is 3. The van der Waals surface area contributed by atoms with Gasteiger partial charge in [0.1, 0.15) is 22.3 Å². The molecule has 5 rings (SSSR count). The second kappa shape index (κ2) is 4.23. The molecule has 0 amide bonds. The zero-order valence-corrected chi connectivity index (χ0v) is 12.4. The van der Waals surface area contributed by atoms with Crippen LogP contribution in [0, 0.1) is 0 Å². The molecule has 0 spiro atoms. The van der Waals surface area contributed by atoms with Crippen molar-refractivity contribution >= 4 is 49.7 Å². The fourth-order valence-corrected chi connectivity index (χ4v) is 3.30. The number of carbonyl (C=O) groups is 1. The quantitative estimate of drug-likeness (QED) is 0.374. The molecule has 0 radical (unpaired) electrons. The third kappa shape index (κ3) is 1.62. The van der Waals surface area contributed by atoms with Crippen LogP contribution in [0.15, 0.2) is 63.4 Å². The average Bonchev–Trinajstić information content (AvgIpc) is 3.11. The Hall–Kier alpha value is -3.07. The number of rotatable bonds is 1. The predicted molar refractivity (Wildman–Crippen MR) is 91.0 cm³/mol. The molecule has 0 fully saturated rings. The first-order chi connectivity index (χ1) is 11.2. The highest BCUT2D eigenvalue weighted by molar-refractivity contribution is 6.25. The molecule has 0 aliphatic heterocycles. The summed E-state index contributed by atoms with van der Waals surface area (Å²) in [6.45, 7) is 1.56. The Morgan fingerprint density at radius 2 is 1.39 bits per heavy atom. The lowest BCUT2D eigenvalue weighted by molar-refractivity contribution is 0.101. The fraction of sp³-hybridized carbons (Fsp3) is 0.0500. The van der Waals surface area contributed by atoms with Crippen LogP contribution in [0.2, 0.25) is 0 Å². The second-order valence-electron chi connectivity index (χ2n) is 5.78. The van der Waals surface area contributed by atoms with Crippen LogP contribution in [0.25, 0.3) is 43.9 Å². The fourth-order valence-electron chi connectivity index (χ4n) is 3.30. The summed E-state index contributed by atoms with van der Waals surface area (Å²) in [7, 11) is 0. The van der Waals surface area contributed by atoms with Crippen LogP contribution in [-0.2, 0) is 0 Å². The monoisotopic (exact) mass is 300 g/mol. The summed E-state index contributed by atoms with van der Waals surface area (Å²) in [5.41, 5.74) is 3.90. The van der Waals surface area contributed by atoms with Gasteiger partial charge in [0.15, 0.2) is 5.78 Å². The molecule has 0 unspecified atom stereocenters. The van der Waals surface area contributed by atoms with E-state index in [9.17, 15) is 4.79 Å². The smallest absolute Gasteiger partial charge is 0.159 e. The minimum absolute atomic E-state index is 0.0336. The first-order valence-electron chi connectivity index (χ1n) is 7.50. The maximum Gasteiger partial charge on any atom is 0.159 e. The van der Waals surface area contributed by atoms with Gasteiger partial charge in [0, 0.05) is 27.1 Å². The van der Waals surface area contributed by atoms with Crippen LogP contribution < -0.4 is 0 Å². The van der Waals surface area contributed by atoms with Crippen LogP contribution in [-0.4, -0.2) is 5.78 Å². The molecule has 0 N–H and O–H groups in total. The number of para-hydroxylation sites is 1. The summed E-state index contributed by atoms with van der Waals surface area (Å²) in [6.07, 6.45) is 0. The number of ketones is 1. The Bertz CT molecular complexity index is 1240. The molecule has 23 heavy (non-hydrogen) atoms. The van der Waals surface area contributed by atoms with Gasteiger partial charge in [-0.05, 0) is 37.3 Å². The third-order valence-corrected chi connectivity index (χ3v) is 4.38. The second-order valence-corrected chi connectivity index (χ2v) is 5.78. The highest BCUT2D eigenvalue weighted by Crippen LogP contribution is 2.39. The van der Waals surface area contributed by atoms with E-state index in [1.807, 2.05) is 48.5 Å². The minimum atomic E-state index is 0.0336. The maximum atomic E-state index is 11.6. The third-order valence-electron chi connectivity index (χ3n) is 4.38. The average molecular weight is 300 g/mol. The number of fused-ring (bicyclic) bond motifs is 7. The van der Waals surface area contributed by atoms with Gasteiger partial charge in [-0.3, -0.25) is 4.79 Å². The molecule has 0 aliphatic carbocycles. The summed E-state index contributed by atoms with van der Waals surface area (Å²) in [6, 6.07) is 17.5. The highest BCUT2D eigenvalue weighted by Gasteiger charge is 2.16. The zero-order chi connectivity index (χ0) is 15.6. The molecular weight excluding hydrogens is 288 g/mol. The van der Waals surface area contributed by atoms with Crippen molar-refractivity contribution in [3.05, 3.63) is 60.2 Å². The molecule has 0 saturated heterocycles. The van der Waals surface area contributed by atoms with Gasteiger partial charge < -0.3 is 8.83 Å². The molecule has 0 bridgehead atoms. The summed E-state index contributed by atoms with van der Waals surface area (Å²) in [5, 5.41) is 4.18. The van der Waals surface area contributed by atoms with Crippen molar-refractivity contribution in [1.82, 2.24) is 0 Å². The summed E-state index contributed by atoms with van der Waals surface area (Å²) in [4.78, 5) is 11.6. The van der Waals surface area contributed by atoms with E-state index in [0.29, 0.717) is 5.56 Å². The molecule has 3 nitrogen and oxygen atoms in total. The van der Waals surface area contributed by atoms with E-state index in [-0.39, 0.29) is 5.78 Å². The van der Waals surface area contributed by atoms with E-state index in [2.05, 4.69) is 6.07 Å². The molecule has 0 atom stereocenters. The molecule has 0 aliphatic rings. The van der Waals surface area contributed by atoms with E-state index in [4.69, 9.17) is 8.83 Å². The zero-order valence-electron chi connectivity index (χ0n) is 12.4. The van der Waals surface area contributed by atoms with Crippen molar-refractivity contribution in [3.8, 4) is 0 Å². The summed E-state index contributed by atoms with van der Waals surface area (Å²) >= 11 is 0. The number of carbonyl (C=O) groups excluding carboxylic acids is 1. The van der Waals surface area contributed by atoms with Crippen LogP contribution in [0.1, 0.15) is 17.3 Å². The molecule has 3 aromatic carbocycles. The van der Waals surface area contributed by atoms with Gasteiger partial charge in [-0.25, -0.2) is 0 Å². The standard InChI is InChI=1S/C20H12O3/c1-11(21)12-6-7-14-18(10-12)23-17-9-8-16-19(20(14)17)13-4-2-3-5-15(13)22-16/h2-10H,1H3. The van der Waals surface area contributed by atoms with Gasteiger partial charge in [-0.15, -0.1) is 0 Å². The first kappa shape index (κ1) is 12.5. The Balaban J connectivity index is 2.03. The Labute approximate surface area is 131 Å². The van der Waals surface area contributed by atoms with Gasteiger partial charge in [-0.2, -0.15) is 0 Å². The summed E-state index contributed by atoms with van der Waals surface area (Å²) in [5.74, 6) is 0.0336. The SMILES string of the molecule is CC(=O)c1ccc2c(c1)oc1ccc3oc4ccccc4c3c12. The minimum Gasteiger partial charge on any atom is -0.456 e. The van der Waals surface area contributed by atoms with Crippen molar-refractivity contribution < 1.29 is 13.6 Å². The van der Waals surface area contributed by atoms with E-state index >= 15 is 0 Å². The van der Waals surface area contributed by atoms with Gasteiger partial charge in [0.25, 0.3) is 0 Å². The molecule has 0 saturated carbocycles. The normalized spacial score (nSPS) is 11.9. The highest BCUT2D eigenvalue weighted by atomic mass is 16.3. The number of hydrogen-bond donors (Lipinski definition) is 0. The lowest BCUT2D eigenvalue weighted by atomic mass is 10.0. The lowest BCUT2D eigenvalue weighted by Crippen LogP contribution is -1.89. The van der Waals surface area contributed by atoms with Crippen LogP contribution in [0.5, 0.6) is 0 Å². The van der Waals surface area contributed by atoms with Gasteiger partial charge >= 0.3 is 0 Å². The van der Waals surface area contributed by atoms with Crippen molar-refractivity contribution in [2.45, 2.75) is 6.92 Å². The molecule has 3 heteroatoms. The molecule has 5 aromatic rings. The number of benzene rings is 3. The number of furan rings is 2. The van der Waals surface area contributed by atoms with Crippen molar-refractivity contribution in [1.29, 1.82) is 0 Å². The lowest BCUT2D eigenvalue weighted by Gasteiger charge is -1.95. The van der Waals surface area contributed by atoms with Crippen molar-refractivity contribution in [2.75, 3.05) is 0 Å². The molecular formula is C20H12O3. The first-order valence-corrected chi connectivity index (χ1v) is 7.50. The topological polar surface area (TPSA) is 43.4 Å². The molecule has 110 valence electrons. The van der Waals surface area contributed by atoms with Crippen molar-refractivity contribution in [2.24, 2.45) is 0 Å². The van der Waals surface area contributed by atoms with E-state index in [0.717, 1.165) is 43.9 Å². The Morgan fingerprint density at radius 1 is 0.739 bits per heavy atom. The van der Waals surface area contributed by atoms with Gasteiger partial charge in [0.05, 0.1) is 0 Å². The van der Waals surface area contributed by atoms with Crippen molar-refractivity contribution in [3.63, 3.8) is 0 Å². The van der Waals surface area contributed by atoms with Crippen LogP contribution >= 0.6 is 0 Å². The largest absolute Gasteiger partial charge is 0.456 e. The summed E-state index contributed by atoms with van der Waals surface area (Å²) < 4.78 is 11.9. The molecule has 2 aromatic heterocycles. The molecule has 2 heterocycles. The maximum absolute atomic E-state index is 11.6. The number of Topliss-reactive ketones (excluding diaryl/α,β-unsaturated/α-hetero) is 1. The van der Waals surface area contributed by atoms with E-state index in [1.54, 1.807) is 6.92 Å². The van der Waals surface area contributed by atoms with E-state index < -0.39 is 0 Å². The van der Waals surface area contributed by atoms with E-state index in [1.165, 1.54) is 0 Å². The Kier molecular flexibility index (Phi) is 2.29. The van der Waals surface area contributed by atoms with Gasteiger partial charge in [-0.1, -0.05) is 24.3 Å². The van der Waals surface area contributed by atoms with Gasteiger partial charge in [0.2, 0.25) is 0 Å². The van der Waals surface area contributed by atoms with Crippen LogP contribution in [0.4, 0.5) is 0 Å².